The fraction of sp³-hybridized carbons (Fsp3) is 0.0909. The first-order chi connectivity index (χ1) is 14.0. The maximum absolute atomic E-state index is 12.4. The van der Waals surface area contributed by atoms with Gasteiger partial charge in [-0.05, 0) is 48.5 Å². The van der Waals surface area contributed by atoms with Crippen LogP contribution in [0.5, 0.6) is 17.2 Å². The SMILES string of the molecule is O=C(COC(=O)c1ccccc1Oc1ccccc1)c1ccc(OC(F)F)cc1. The second kappa shape index (κ2) is 9.45. The normalized spacial score (nSPS) is 10.4. The first kappa shape index (κ1) is 20.0. The van der Waals surface area contributed by atoms with E-state index in [1.54, 1.807) is 42.5 Å². The zero-order valence-corrected chi connectivity index (χ0v) is 15.1. The second-order valence-electron chi connectivity index (χ2n) is 5.81. The van der Waals surface area contributed by atoms with Crippen molar-refractivity contribution >= 4 is 11.8 Å². The van der Waals surface area contributed by atoms with Crippen molar-refractivity contribution in [1.29, 1.82) is 0 Å². The highest BCUT2D eigenvalue weighted by Gasteiger charge is 2.17. The third kappa shape index (κ3) is 5.62. The molecular weight excluding hydrogens is 382 g/mol. The lowest BCUT2D eigenvalue weighted by Crippen LogP contribution is -2.15. The summed E-state index contributed by atoms with van der Waals surface area (Å²) in [6.45, 7) is -3.45. The maximum Gasteiger partial charge on any atom is 0.387 e. The van der Waals surface area contributed by atoms with Crippen LogP contribution < -0.4 is 9.47 Å². The van der Waals surface area contributed by atoms with E-state index in [2.05, 4.69) is 4.74 Å². The van der Waals surface area contributed by atoms with Gasteiger partial charge in [-0.2, -0.15) is 8.78 Å². The number of para-hydroxylation sites is 2. The Bertz CT molecular complexity index is 972. The Morgan fingerprint density at radius 2 is 1.45 bits per heavy atom. The summed E-state index contributed by atoms with van der Waals surface area (Å²) in [7, 11) is 0. The fourth-order valence-corrected chi connectivity index (χ4v) is 2.45. The van der Waals surface area contributed by atoms with E-state index in [1.165, 1.54) is 30.3 Å². The van der Waals surface area contributed by atoms with Gasteiger partial charge in [-0.1, -0.05) is 30.3 Å². The molecule has 0 unspecified atom stereocenters. The fourth-order valence-electron chi connectivity index (χ4n) is 2.45. The number of rotatable bonds is 8. The van der Waals surface area contributed by atoms with Gasteiger partial charge in [0.1, 0.15) is 22.8 Å². The first-order valence-corrected chi connectivity index (χ1v) is 8.60. The Kier molecular flexibility index (Phi) is 6.52. The minimum absolute atomic E-state index is 0.0690. The van der Waals surface area contributed by atoms with E-state index in [4.69, 9.17) is 9.47 Å². The van der Waals surface area contributed by atoms with Gasteiger partial charge in [0.25, 0.3) is 0 Å². The van der Waals surface area contributed by atoms with Crippen LogP contribution in [0.2, 0.25) is 0 Å². The van der Waals surface area contributed by atoms with Crippen LogP contribution in [0.4, 0.5) is 8.78 Å². The lowest BCUT2D eigenvalue weighted by Gasteiger charge is -2.11. The van der Waals surface area contributed by atoms with Crippen LogP contribution in [0.25, 0.3) is 0 Å². The van der Waals surface area contributed by atoms with Gasteiger partial charge >= 0.3 is 12.6 Å². The Balaban J connectivity index is 1.63. The average molecular weight is 398 g/mol. The molecule has 7 heteroatoms. The van der Waals surface area contributed by atoms with E-state index < -0.39 is 25.0 Å². The van der Waals surface area contributed by atoms with Gasteiger partial charge in [-0.25, -0.2) is 4.79 Å². The number of carbonyl (C=O) groups is 2. The maximum atomic E-state index is 12.4. The van der Waals surface area contributed by atoms with Crippen molar-refractivity contribution in [3.05, 3.63) is 90.0 Å². The molecule has 3 aromatic rings. The zero-order valence-electron chi connectivity index (χ0n) is 15.1. The molecular formula is C22H16F2O5. The summed E-state index contributed by atoms with van der Waals surface area (Å²) < 4.78 is 39.4. The number of ether oxygens (including phenoxy) is 3. The summed E-state index contributed by atoms with van der Waals surface area (Å²) in [4.78, 5) is 24.6. The monoisotopic (exact) mass is 398 g/mol. The van der Waals surface area contributed by atoms with Crippen molar-refractivity contribution in [1.82, 2.24) is 0 Å². The van der Waals surface area contributed by atoms with Crippen molar-refractivity contribution in [2.45, 2.75) is 6.61 Å². The van der Waals surface area contributed by atoms with Crippen molar-refractivity contribution < 1.29 is 32.6 Å². The van der Waals surface area contributed by atoms with E-state index in [0.717, 1.165) is 0 Å². The van der Waals surface area contributed by atoms with Gasteiger partial charge in [0.15, 0.2) is 12.4 Å². The van der Waals surface area contributed by atoms with Crippen molar-refractivity contribution in [3.63, 3.8) is 0 Å². The van der Waals surface area contributed by atoms with Crippen LogP contribution in [0.1, 0.15) is 20.7 Å². The summed E-state index contributed by atoms with van der Waals surface area (Å²) in [6, 6.07) is 20.6. The molecule has 3 aromatic carbocycles. The number of ketones is 1. The molecule has 0 saturated carbocycles. The number of halogens is 2. The molecule has 0 radical (unpaired) electrons. The average Bonchev–Trinajstić information content (AvgIpc) is 2.73. The number of carbonyl (C=O) groups excluding carboxylic acids is 2. The van der Waals surface area contributed by atoms with Gasteiger partial charge in [0.05, 0.1) is 0 Å². The molecule has 29 heavy (non-hydrogen) atoms. The summed E-state index contributed by atoms with van der Waals surface area (Å²) in [5.74, 6) is -0.425. The van der Waals surface area contributed by atoms with Crippen molar-refractivity contribution in [2.75, 3.05) is 6.61 Å². The molecule has 0 saturated heterocycles. The summed E-state index contributed by atoms with van der Waals surface area (Å²) >= 11 is 0. The van der Waals surface area contributed by atoms with E-state index in [9.17, 15) is 18.4 Å². The lowest BCUT2D eigenvalue weighted by molar-refractivity contribution is -0.0498. The molecule has 0 bridgehead atoms. The smallest absolute Gasteiger partial charge is 0.387 e. The highest BCUT2D eigenvalue weighted by atomic mass is 19.3. The molecule has 5 nitrogen and oxygen atoms in total. The van der Waals surface area contributed by atoms with Gasteiger partial charge < -0.3 is 14.2 Å². The van der Waals surface area contributed by atoms with Gasteiger partial charge in [-0.15, -0.1) is 0 Å². The molecule has 3 rings (SSSR count). The molecule has 0 fully saturated rings. The summed E-state index contributed by atoms with van der Waals surface area (Å²) in [5, 5.41) is 0. The van der Waals surface area contributed by atoms with Crippen molar-refractivity contribution in [2.24, 2.45) is 0 Å². The molecule has 0 aliphatic heterocycles. The predicted octanol–water partition coefficient (Wildman–Crippen LogP) is 5.12. The number of esters is 1. The predicted molar refractivity (Wildman–Crippen MR) is 101 cm³/mol. The Labute approximate surface area is 165 Å². The number of hydrogen-bond donors (Lipinski definition) is 0. The highest BCUT2D eigenvalue weighted by Crippen LogP contribution is 2.25. The number of Topliss-reactive ketones (excluding diaryl/α,β-unsaturated/α-hetero) is 1. The van der Waals surface area contributed by atoms with Crippen LogP contribution in [-0.4, -0.2) is 25.0 Å². The van der Waals surface area contributed by atoms with Gasteiger partial charge in [0, 0.05) is 5.56 Å². The minimum Gasteiger partial charge on any atom is -0.456 e. The number of hydrogen-bond acceptors (Lipinski definition) is 5. The molecule has 0 atom stereocenters. The van der Waals surface area contributed by atoms with Crippen LogP contribution in [0, 0.1) is 0 Å². The summed E-state index contributed by atoms with van der Waals surface area (Å²) in [6.07, 6.45) is 0. The summed E-state index contributed by atoms with van der Waals surface area (Å²) in [5.41, 5.74) is 0.373. The van der Waals surface area contributed by atoms with E-state index in [1.807, 2.05) is 6.07 Å². The Morgan fingerprint density at radius 1 is 0.793 bits per heavy atom. The molecule has 0 heterocycles. The zero-order chi connectivity index (χ0) is 20.6. The van der Waals surface area contributed by atoms with E-state index in [-0.39, 0.29) is 16.9 Å². The van der Waals surface area contributed by atoms with Crippen LogP contribution >= 0.6 is 0 Å². The standard InChI is InChI=1S/C22H16F2O5/c23-22(24)29-17-12-10-15(11-13-17)19(25)14-27-21(26)18-8-4-5-9-20(18)28-16-6-2-1-3-7-16/h1-13,22H,14H2. The van der Waals surface area contributed by atoms with Gasteiger partial charge in [0.2, 0.25) is 0 Å². The second-order valence-corrected chi connectivity index (χ2v) is 5.81. The van der Waals surface area contributed by atoms with E-state index in [0.29, 0.717) is 11.5 Å². The topological polar surface area (TPSA) is 61.8 Å². The molecule has 0 aromatic heterocycles. The Hall–Kier alpha value is -3.74. The molecule has 0 aliphatic carbocycles. The molecule has 0 N–H and O–H groups in total. The Morgan fingerprint density at radius 3 is 2.14 bits per heavy atom. The van der Waals surface area contributed by atoms with Crippen LogP contribution in [0.3, 0.4) is 0 Å². The molecule has 148 valence electrons. The van der Waals surface area contributed by atoms with Crippen LogP contribution in [0.15, 0.2) is 78.9 Å². The van der Waals surface area contributed by atoms with E-state index >= 15 is 0 Å². The largest absolute Gasteiger partial charge is 0.456 e. The molecule has 0 aliphatic rings. The first-order valence-electron chi connectivity index (χ1n) is 8.60. The van der Waals surface area contributed by atoms with Crippen molar-refractivity contribution in [3.8, 4) is 17.2 Å². The third-order valence-electron chi connectivity index (χ3n) is 3.81. The van der Waals surface area contributed by atoms with Crippen LogP contribution in [-0.2, 0) is 4.74 Å². The minimum atomic E-state index is -2.95. The van der Waals surface area contributed by atoms with Gasteiger partial charge in [-0.3, -0.25) is 4.79 Å². The molecule has 0 amide bonds. The third-order valence-corrected chi connectivity index (χ3v) is 3.81. The number of alkyl halides is 2. The number of benzene rings is 3. The molecule has 0 spiro atoms. The lowest BCUT2D eigenvalue weighted by atomic mass is 10.1. The highest BCUT2D eigenvalue weighted by molar-refractivity contribution is 6.00. The quantitative estimate of drug-likeness (QED) is 0.389.